The van der Waals surface area contributed by atoms with Crippen molar-refractivity contribution in [3.8, 4) is 17.6 Å². The third-order valence-corrected chi connectivity index (χ3v) is 2.60. The lowest BCUT2D eigenvalue weighted by molar-refractivity contribution is 0.0693. The fourth-order valence-electron chi connectivity index (χ4n) is 1.64. The molecular weight excluding hydrogens is 274 g/mol. The molecule has 0 atom stereocenters. The van der Waals surface area contributed by atoms with Crippen LogP contribution >= 0.6 is 0 Å². The number of carboxylic acid groups (broad SMARTS) is 1. The smallest absolute Gasteiger partial charge is 0.342 e. The molecule has 0 aliphatic carbocycles. The Bertz CT molecular complexity index is 772. The lowest BCUT2D eigenvalue weighted by atomic mass is 10.3. The summed E-state index contributed by atoms with van der Waals surface area (Å²) < 4.78 is 6.78. The van der Waals surface area contributed by atoms with E-state index in [0.717, 1.165) is 5.69 Å². The average molecular weight is 283 g/mol. The number of benzene rings is 1. The molecule has 8 nitrogen and oxygen atoms in total. The van der Waals surface area contributed by atoms with Crippen molar-refractivity contribution in [1.82, 2.24) is 25.0 Å². The van der Waals surface area contributed by atoms with E-state index in [1.807, 2.05) is 30.3 Å². The highest BCUT2D eigenvalue weighted by Crippen LogP contribution is 2.19. The Morgan fingerprint density at radius 2 is 2.00 bits per heavy atom. The van der Waals surface area contributed by atoms with Crippen LogP contribution in [0.4, 0.5) is 0 Å². The topological polar surface area (TPSA) is 103 Å². The number of carboxylic acids is 1. The van der Waals surface area contributed by atoms with E-state index in [1.165, 1.54) is 23.3 Å². The lowest BCUT2D eigenvalue weighted by Gasteiger charge is -2.02. The predicted octanol–water partition coefficient (Wildman–Crippen LogP) is 1.55. The predicted molar refractivity (Wildman–Crippen MR) is 70.4 cm³/mol. The molecule has 1 N–H and O–H groups in total. The minimum atomic E-state index is -1.16. The van der Waals surface area contributed by atoms with E-state index in [4.69, 9.17) is 9.84 Å². The molecule has 0 fully saturated rings. The number of para-hydroxylation sites is 1. The summed E-state index contributed by atoms with van der Waals surface area (Å²) in [6.07, 6.45) is 2.73. The molecule has 2 aromatic heterocycles. The van der Waals surface area contributed by atoms with Crippen molar-refractivity contribution in [2.75, 3.05) is 0 Å². The van der Waals surface area contributed by atoms with Crippen LogP contribution in [0, 0.1) is 0 Å². The summed E-state index contributed by atoms with van der Waals surface area (Å²) >= 11 is 0. The summed E-state index contributed by atoms with van der Waals surface area (Å²) in [5, 5.41) is 20.4. The number of hydrogen-bond acceptors (Lipinski definition) is 6. The number of aromatic carboxylic acids is 1. The Hall–Kier alpha value is -3.29. The zero-order valence-electron chi connectivity index (χ0n) is 10.6. The number of rotatable bonds is 4. The van der Waals surface area contributed by atoms with Crippen LogP contribution in [-0.4, -0.2) is 36.0 Å². The van der Waals surface area contributed by atoms with Crippen molar-refractivity contribution in [3.05, 3.63) is 54.5 Å². The van der Waals surface area contributed by atoms with Crippen LogP contribution in [0.3, 0.4) is 0 Å². The van der Waals surface area contributed by atoms with Gasteiger partial charge >= 0.3 is 12.0 Å². The maximum atomic E-state index is 11.0. The first kappa shape index (κ1) is 12.7. The molecule has 8 heteroatoms. The molecular formula is C13H9N5O3. The van der Waals surface area contributed by atoms with Gasteiger partial charge in [0.2, 0.25) is 0 Å². The van der Waals surface area contributed by atoms with E-state index >= 15 is 0 Å². The standard InChI is InChI=1S/C13H9N5O3/c19-12(20)10-6-7-15-16-11(10)21-13-14-8-18(17-13)9-4-2-1-3-5-9/h1-8H,(H,19,20). The zero-order chi connectivity index (χ0) is 14.7. The van der Waals surface area contributed by atoms with Gasteiger partial charge in [-0.25, -0.2) is 9.48 Å². The van der Waals surface area contributed by atoms with E-state index in [2.05, 4.69) is 20.3 Å². The first-order valence-electron chi connectivity index (χ1n) is 5.94. The van der Waals surface area contributed by atoms with Gasteiger partial charge in [-0.1, -0.05) is 18.2 Å². The van der Waals surface area contributed by atoms with Gasteiger partial charge in [0.15, 0.2) is 0 Å². The Labute approximate surface area is 118 Å². The second kappa shape index (κ2) is 5.37. The Morgan fingerprint density at radius 3 is 2.76 bits per heavy atom. The fraction of sp³-hybridized carbons (Fsp3) is 0. The van der Waals surface area contributed by atoms with Crippen molar-refractivity contribution in [3.63, 3.8) is 0 Å². The van der Waals surface area contributed by atoms with E-state index in [-0.39, 0.29) is 17.5 Å². The van der Waals surface area contributed by atoms with Gasteiger partial charge in [-0.2, -0.15) is 10.1 Å². The van der Waals surface area contributed by atoms with Crippen LogP contribution in [0.1, 0.15) is 10.4 Å². The van der Waals surface area contributed by atoms with Crippen molar-refractivity contribution < 1.29 is 14.6 Å². The molecule has 0 radical (unpaired) electrons. The monoisotopic (exact) mass is 283 g/mol. The van der Waals surface area contributed by atoms with Gasteiger partial charge in [0.1, 0.15) is 11.9 Å². The Balaban J connectivity index is 1.87. The van der Waals surface area contributed by atoms with Crippen molar-refractivity contribution >= 4 is 5.97 Å². The van der Waals surface area contributed by atoms with Crippen LogP contribution < -0.4 is 4.74 Å². The molecule has 0 spiro atoms. The van der Waals surface area contributed by atoms with Crippen LogP contribution in [-0.2, 0) is 0 Å². The zero-order valence-corrected chi connectivity index (χ0v) is 10.6. The van der Waals surface area contributed by atoms with Crippen LogP contribution in [0.2, 0.25) is 0 Å². The summed E-state index contributed by atoms with van der Waals surface area (Å²) in [7, 11) is 0. The van der Waals surface area contributed by atoms with E-state index in [0.29, 0.717) is 0 Å². The summed E-state index contributed by atoms with van der Waals surface area (Å²) in [4.78, 5) is 15.0. The third kappa shape index (κ3) is 2.68. The first-order valence-corrected chi connectivity index (χ1v) is 5.94. The third-order valence-electron chi connectivity index (χ3n) is 2.60. The summed E-state index contributed by atoms with van der Waals surface area (Å²) in [5.41, 5.74) is 0.693. The van der Waals surface area contributed by atoms with Crippen molar-refractivity contribution in [2.45, 2.75) is 0 Å². The van der Waals surface area contributed by atoms with E-state index in [9.17, 15) is 4.79 Å². The largest absolute Gasteiger partial charge is 0.477 e. The second-order valence-electron chi connectivity index (χ2n) is 3.96. The van der Waals surface area contributed by atoms with Gasteiger partial charge in [0, 0.05) is 0 Å². The minimum absolute atomic E-state index is 0.0122. The number of nitrogens with zero attached hydrogens (tertiary/aromatic N) is 5. The number of hydrogen-bond donors (Lipinski definition) is 1. The Morgan fingerprint density at radius 1 is 1.19 bits per heavy atom. The van der Waals surface area contributed by atoms with Gasteiger partial charge in [-0.3, -0.25) is 0 Å². The highest BCUT2D eigenvalue weighted by molar-refractivity contribution is 5.89. The SMILES string of the molecule is O=C(O)c1ccnnc1Oc1ncn(-c2ccccc2)n1. The lowest BCUT2D eigenvalue weighted by Crippen LogP contribution is -2.03. The normalized spacial score (nSPS) is 10.3. The maximum Gasteiger partial charge on any atom is 0.342 e. The number of carbonyl (C=O) groups is 1. The van der Waals surface area contributed by atoms with Gasteiger partial charge in [0.05, 0.1) is 11.9 Å². The quantitative estimate of drug-likeness (QED) is 0.774. The average Bonchev–Trinajstić information content (AvgIpc) is 2.97. The van der Waals surface area contributed by atoms with Crippen LogP contribution in [0.15, 0.2) is 48.9 Å². The number of aromatic nitrogens is 5. The highest BCUT2D eigenvalue weighted by atomic mass is 16.5. The molecule has 104 valence electrons. The minimum Gasteiger partial charge on any atom is -0.477 e. The molecule has 0 saturated heterocycles. The van der Waals surface area contributed by atoms with Crippen LogP contribution in [0.25, 0.3) is 5.69 Å². The Kier molecular flexibility index (Phi) is 3.26. The van der Waals surface area contributed by atoms with E-state index < -0.39 is 5.97 Å². The second-order valence-corrected chi connectivity index (χ2v) is 3.96. The molecule has 2 heterocycles. The summed E-state index contributed by atoms with van der Waals surface area (Å²) in [6.45, 7) is 0. The molecule has 21 heavy (non-hydrogen) atoms. The van der Waals surface area contributed by atoms with Gasteiger partial charge < -0.3 is 9.84 Å². The molecule has 3 aromatic rings. The highest BCUT2D eigenvalue weighted by Gasteiger charge is 2.15. The van der Waals surface area contributed by atoms with Gasteiger partial charge in [-0.15, -0.1) is 10.2 Å². The first-order chi connectivity index (χ1) is 10.2. The molecule has 1 aromatic carbocycles. The molecule has 0 unspecified atom stereocenters. The number of ether oxygens (including phenoxy) is 1. The molecule has 0 amide bonds. The summed E-state index contributed by atoms with van der Waals surface area (Å²) in [6, 6.07) is 10.6. The van der Waals surface area contributed by atoms with Crippen LogP contribution in [0.5, 0.6) is 11.9 Å². The maximum absolute atomic E-state index is 11.0. The fourth-order valence-corrected chi connectivity index (χ4v) is 1.64. The molecule has 0 aliphatic heterocycles. The molecule has 3 rings (SSSR count). The molecule has 0 aliphatic rings. The molecule has 0 saturated carbocycles. The van der Waals surface area contributed by atoms with E-state index in [1.54, 1.807) is 0 Å². The van der Waals surface area contributed by atoms with Gasteiger partial charge in [-0.05, 0) is 18.2 Å². The van der Waals surface area contributed by atoms with Gasteiger partial charge in [0.25, 0.3) is 5.88 Å². The van der Waals surface area contributed by atoms with Crippen molar-refractivity contribution in [2.24, 2.45) is 0 Å². The molecule has 0 bridgehead atoms. The van der Waals surface area contributed by atoms with Crippen molar-refractivity contribution in [1.29, 1.82) is 0 Å². The summed E-state index contributed by atoms with van der Waals surface area (Å²) in [5.74, 6) is -1.32.